The number of fused-ring (bicyclic) bond motifs is 1. The molecule has 2 aromatic rings. The smallest absolute Gasteiger partial charge is 0.278 e. The van der Waals surface area contributed by atoms with E-state index >= 15 is 0 Å². The highest BCUT2D eigenvalue weighted by Gasteiger charge is 2.24. The molecule has 0 heterocycles. The number of hydrogen-bond donors (Lipinski definition) is 2. The summed E-state index contributed by atoms with van der Waals surface area (Å²) in [6, 6.07) is 14.7. The van der Waals surface area contributed by atoms with Gasteiger partial charge in [0.15, 0.2) is 4.99 Å². The van der Waals surface area contributed by atoms with Gasteiger partial charge in [0, 0.05) is 12.6 Å². The van der Waals surface area contributed by atoms with Crippen molar-refractivity contribution in [2.45, 2.75) is 25.4 Å². The molecule has 2 N–H and O–H groups in total. The van der Waals surface area contributed by atoms with Crippen LogP contribution in [0.15, 0.2) is 42.5 Å². The van der Waals surface area contributed by atoms with Crippen molar-refractivity contribution >= 4 is 33.9 Å². The standard InChI is InChI=1S/C16H16N2OS/c19-15(16(20)18-13-8-9-13)17-10-12-6-3-5-11-4-1-2-7-14(11)12/h1-7,13H,8-10H2,(H,17,19)(H,18,20). The second kappa shape index (κ2) is 5.59. The first kappa shape index (κ1) is 13.1. The van der Waals surface area contributed by atoms with Crippen LogP contribution < -0.4 is 10.6 Å². The Hall–Kier alpha value is -1.94. The van der Waals surface area contributed by atoms with E-state index in [9.17, 15) is 4.79 Å². The zero-order valence-corrected chi connectivity index (χ0v) is 11.9. The number of rotatable bonds is 3. The molecule has 0 aliphatic heterocycles. The van der Waals surface area contributed by atoms with Gasteiger partial charge in [0.1, 0.15) is 0 Å². The fourth-order valence-electron chi connectivity index (χ4n) is 2.18. The lowest BCUT2D eigenvalue weighted by atomic mass is 10.0. The van der Waals surface area contributed by atoms with Gasteiger partial charge in [-0.3, -0.25) is 4.79 Å². The molecule has 102 valence electrons. The van der Waals surface area contributed by atoms with E-state index in [1.54, 1.807) is 0 Å². The molecule has 2 aromatic carbocycles. The number of carbonyl (C=O) groups is 1. The van der Waals surface area contributed by atoms with Crippen molar-refractivity contribution in [3.8, 4) is 0 Å². The van der Waals surface area contributed by atoms with Gasteiger partial charge in [-0.2, -0.15) is 0 Å². The SMILES string of the molecule is O=C(NCc1cccc2ccccc12)C(=S)NC1CC1. The van der Waals surface area contributed by atoms with Crippen LogP contribution in [0.3, 0.4) is 0 Å². The van der Waals surface area contributed by atoms with Crippen molar-refractivity contribution in [1.29, 1.82) is 0 Å². The molecule has 0 aromatic heterocycles. The van der Waals surface area contributed by atoms with E-state index in [1.165, 1.54) is 5.39 Å². The van der Waals surface area contributed by atoms with E-state index in [0.29, 0.717) is 17.6 Å². The van der Waals surface area contributed by atoms with Crippen LogP contribution in [0.5, 0.6) is 0 Å². The maximum absolute atomic E-state index is 11.9. The van der Waals surface area contributed by atoms with Crippen LogP contribution >= 0.6 is 12.2 Å². The van der Waals surface area contributed by atoms with E-state index in [-0.39, 0.29) is 5.91 Å². The third-order valence-electron chi connectivity index (χ3n) is 3.44. The summed E-state index contributed by atoms with van der Waals surface area (Å²) in [5, 5.41) is 8.27. The van der Waals surface area contributed by atoms with Gasteiger partial charge < -0.3 is 10.6 Å². The predicted molar refractivity (Wildman–Crippen MR) is 84.6 cm³/mol. The van der Waals surface area contributed by atoms with Crippen LogP contribution in [0.4, 0.5) is 0 Å². The van der Waals surface area contributed by atoms with Crippen LogP contribution in [0, 0.1) is 0 Å². The van der Waals surface area contributed by atoms with Gasteiger partial charge in [-0.25, -0.2) is 0 Å². The summed E-state index contributed by atoms with van der Waals surface area (Å²) in [5.41, 5.74) is 1.10. The summed E-state index contributed by atoms with van der Waals surface area (Å²) < 4.78 is 0. The van der Waals surface area contributed by atoms with Crippen LogP contribution in [-0.2, 0) is 11.3 Å². The molecule has 0 unspecified atom stereocenters. The molecule has 0 atom stereocenters. The Morgan fingerprint density at radius 3 is 2.70 bits per heavy atom. The van der Waals surface area contributed by atoms with E-state index in [2.05, 4.69) is 28.8 Å². The molecule has 1 aliphatic rings. The normalized spacial score (nSPS) is 14.0. The van der Waals surface area contributed by atoms with Crippen molar-refractivity contribution in [2.75, 3.05) is 0 Å². The number of amides is 1. The zero-order valence-electron chi connectivity index (χ0n) is 11.1. The van der Waals surface area contributed by atoms with Crippen LogP contribution in [0.25, 0.3) is 10.8 Å². The highest BCUT2D eigenvalue weighted by Crippen LogP contribution is 2.19. The van der Waals surface area contributed by atoms with Crippen LogP contribution in [0.1, 0.15) is 18.4 Å². The second-order valence-corrected chi connectivity index (χ2v) is 5.48. The maximum Gasteiger partial charge on any atom is 0.278 e. The third kappa shape index (κ3) is 2.96. The first-order chi connectivity index (χ1) is 9.74. The molecule has 1 amide bonds. The van der Waals surface area contributed by atoms with Gasteiger partial charge in [-0.05, 0) is 29.2 Å². The third-order valence-corrected chi connectivity index (χ3v) is 3.74. The number of hydrogen-bond acceptors (Lipinski definition) is 2. The molecule has 0 radical (unpaired) electrons. The summed E-state index contributed by atoms with van der Waals surface area (Å²) in [4.78, 5) is 12.2. The Morgan fingerprint density at radius 2 is 1.90 bits per heavy atom. The Morgan fingerprint density at radius 1 is 1.15 bits per heavy atom. The number of thiocarbonyl (C=S) groups is 1. The van der Waals surface area contributed by atoms with Gasteiger partial charge in [0.05, 0.1) is 0 Å². The first-order valence-electron chi connectivity index (χ1n) is 6.79. The molecule has 1 aliphatic carbocycles. The molecule has 0 spiro atoms. The summed E-state index contributed by atoms with van der Waals surface area (Å²) in [5.74, 6) is -0.195. The largest absolute Gasteiger partial charge is 0.369 e. The quantitative estimate of drug-likeness (QED) is 0.851. The summed E-state index contributed by atoms with van der Waals surface area (Å²) in [6.45, 7) is 0.493. The van der Waals surface area contributed by atoms with E-state index in [4.69, 9.17) is 12.2 Å². The Kier molecular flexibility index (Phi) is 3.65. The summed E-state index contributed by atoms with van der Waals surface area (Å²) >= 11 is 5.08. The van der Waals surface area contributed by atoms with Gasteiger partial charge in [0.2, 0.25) is 0 Å². The molecule has 0 saturated heterocycles. The fourth-order valence-corrected chi connectivity index (χ4v) is 2.42. The zero-order chi connectivity index (χ0) is 13.9. The van der Waals surface area contributed by atoms with Gasteiger partial charge >= 0.3 is 0 Å². The van der Waals surface area contributed by atoms with Gasteiger partial charge in [-0.1, -0.05) is 54.7 Å². The molecular formula is C16H16N2OS. The molecule has 4 heteroatoms. The average molecular weight is 284 g/mol. The monoisotopic (exact) mass is 284 g/mol. The van der Waals surface area contributed by atoms with E-state index in [0.717, 1.165) is 23.8 Å². The van der Waals surface area contributed by atoms with Crippen LogP contribution in [-0.4, -0.2) is 16.9 Å². The van der Waals surface area contributed by atoms with Crippen LogP contribution in [0.2, 0.25) is 0 Å². The lowest BCUT2D eigenvalue weighted by Gasteiger charge is -2.10. The molecule has 3 nitrogen and oxygen atoms in total. The van der Waals surface area contributed by atoms with E-state index in [1.807, 2.05) is 24.3 Å². The first-order valence-corrected chi connectivity index (χ1v) is 7.20. The average Bonchev–Trinajstić information content (AvgIpc) is 3.28. The molecule has 0 bridgehead atoms. The predicted octanol–water partition coefficient (Wildman–Crippen LogP) is 2.54. The number of carbonyl (C=O) groups excluding carboxylic acids is 1. The fraction of sp³-hybridized carbons (Fsp3) is 0.250. The lowest BCUT2D eigenvalue weighted by Crippen LogP contribution is -2.39. The molecule has 1 saturated carbocycles. The summed E-state index contributed by atoms with van der Waals surface area (Å²) in [7, 11) is 0. The van der Waals surface area contributed by atoms with E-state index < -0.39 is 0 Å². The number of benzene rings is 2. The Bertz CT molecular complexity index is 659. The minimum Gasteiger partial charge on any atom is -0.369 e. The number of nitrogens with one attached hydrogen (secondary N) is 2. The molecule has 1 fully saturated rings. The highest BCUT2D eigenvalue weighted by atomic mass is 32.1. The Labute approximate surface area is 123 Å². The van der Waals surface area contributed by atoms with Crippen molar-refractivity contribution < 1.29 is 4.79 Å². The summed E-state index contributed by atoms with van der Waals surface area (Å²) in [6.07, 6.45) is 2.22. The Balaban J connectivity index is 1.67. The lowest BCUT2D eigenvalue weighted by molar-refractivity contribution is -0.115. The maximum atomic E-state index is 11.9. The second-order valence-electron chi connectivity index (χ2n) is 5.07. The molecular weight excluding hydrogens is 268 g/mol. The van der Waals surface area contributed by atoms with Crippen molar-refractivity contribution in [3.63, 3.8) is 0 Å². The van der Waals surface area contributed by atoms with Gasteiger partial charge in [-0.15, -0.1) is 0 Å². The van der Waals surface area contributed by atoms with Crippen molar-refractivity contribution in [3.05, 3.63) is 48.0 Å². The molecule has 3 rings (SSSR count). The minimum atomic E-state index is -0.195. The van der Waals surface area contributed by atoms with Crippen molar-refractivity contribution in [1.82, 2.24) is 10.6 Å². The van der Waals surface area contributed by atoms with Crippen molar-refractivity contribution in [2.24, 2.45) is 0 Å². The topological polar surface area (TPSA) is 41.1 Å². The molecule has 20 heavy (non-hydrogen) atoms. The minimum absolute atomic E-state index is 0.195. The highest BCUT2D eigenvalue weighted by molar-refractivity contribution is 7.82. The van der Waals surface area contributed by atoms with Gasteiger partial charge in [0.25, 0.3) is 5.91 Å².